The van der Waals surface area contributed by atoms with Crippen LogP contribution in [0.3, 0.4) is 0 Å². The molecular formula is C22H27N5O2. The van der Waals surface area contributed by atoms with Crippen LogP contribution in [0.2, 0.25) is 0 Å². The van der Waals surface area contributed by atoms with E-state index in [-0.39, 0.29) is 11.9 Å². The number of nitrogens with zero attached hydrogens (tertiary/aromatic N) is 4. The molecule has 0 saturated carbocycles. The molecule has 1 aliphatic heterocycles. The number of methoxy groups -OCH3 is 1. The van der Waals surface area contributed by atoms with Gasteiger partial charge < -0.3 is 10.1 Å². The molecule has 7 heteroatoms. The summed E-state index contributed by atoms with van der Waals surface area (Å²) >= 11 is 0. The van der Waals surface area contributed by atoms with Crippen molar-refractivity contribution in [1.82, 2.24) is 24.8 Å². The maximum absolute atomic E-state index is 13.0. The minimum Gasteiger partial charge on any atom is -0.497 e. The molecule has 0 spiro atoms. The first-order valence-corrected chi connectivity index (χ1v) is 10.0. The summed E-state index contributed by atoms with van der Waals surface area (Å²) in [7, 11) is 1.67. The van der Waals surface area contributed by atoms with E-state index in [1.165, 1.54) is 12.8 Å². The molecule has 1 fully saturated rings. The second kappa shape index (κ2) is 8.21. The van der Waals surface area contributed by atoms with Crippen molar-refractivity contribution in [2.75, 3.05) is 26.7 Å². The highest BCUT2D eigenvalue weighted by Gasteiger charge is 2.25. The van der Waals surface area contributed by atoms with Gasteiger partial charge in [0.2, 0.25) is 0 Å². The predicted octanol–water partition coefficient (Wildman–Crippen LogP) is 2.92. The van der Waals surface area contributed by atoms with E-state index in [4.69, 9.17) is 4.74 Å². The molecule has 29 heavy (non-hydrogen) atoms. The summed E-state index contributed by atoms with van der Waals surface area (Å²) in [5, 5.41) is 7.45. The van der Waals surface area contributed by atoms with Crippen LogP contribution < -0.4 is 10.1 Å². The van der Waals surface area contributed by atoms with Gasteiger partial charge in [0.1, 0.15) is 11.3 Å². The number of hydrogen-bond acceptors (Lipinski definition) is 5. The molecule has 1 aliphatic rings. The molecule has 1 saturated heterocycles. The van der Waals surface area contributed by atoms with Gasteiger partial charge >= 0.3 is 0 Å². The number of benzene rings is 1. The highest BCUT2D eigenvalue weighted by Crippen LogP contribution is 2.27. The van der Waals surface area contributed by atoms with Crippen molar-refractivity contribution < 1.29 is 9.53 Å². The fourth-order valence-electron chi connectivity index (χ4n) is 4.08. The maximum atomic E-state index is 13.0. The van der Waals surface area contributed by atoms with Crippen molar-refractivity contribution in [2.45, 2.75) is 32.7 Å². The van der Waals surface area contributed by atoms with Crippen LogP contribution in [-0.2, 0) is 0 Å². The van der Waals surface area contributed by atoms with Crippen molar-refractivity contribution in [2.24, 2.45) is 0 Å². The lowest BCUT2D eigenvalue weighted by Crippen LogP contribution is -2.36. The Balaban J connectivity index is 1.56. The average Bonchev–Trinajstić information content (AvgIpc) is 3.38. The quantitative estimate of drug-likeness (QED) is 0.697. The van der Waals surface area contributed by atoms with E-state index < -0.39 is 0 Å². The summed E-state index contributed by atoms with van der Waals surface area (Å²) in [5.41, 5.74) is 4.08. The van der Waals surface area contributed by atoms with Gasteiger partial charge in [0.15, 0.2) is 5.65 Å². The smallest absolute Gasteiger partial charge is 0.256 e. The molecule has 1 atom stereocenters. The third kappa shape index (κ3) is 3.96. The van der Waals surface area contributed by atoms with Gasteiger partial charge in [-0.1, -0.05) is 12.1 Å². The molecular weight excluding hydrogens is 366 g/mol. The summed E-state index contributed by atoms with van der Waals surface area (Å²) in [6.07, 6.45) is 3.97. The number of nitrogens with one attached hydrogen (secondary N) is 1. The van der Waals surface area contributed by atoms with Crippen LogP contribution in [0.1, 0.15) is 46.2 Å². The summed E-state index contributed by atoms with van der Waals surface area (Å²) in [6.45, 7) is 6.48. The number of likely N-dealkylation sites (tertiary alicyclic amines) is 1. The lowest BCUT2D eigenvalue weighted by atomic mass is 10.0. The van der Waals surface area contributed by atoms with E-state index in [1.54, 1.807) is 17.8 Å². The fraction of sp³-hybridized carbons (Fsp3) is 0.409. The van der Waals surface area contributed by atoms with Crippen molar-refractivity contribution in [3.8, 4) is 5.75 Å². The number of aromatic nitrogens is 3. The lowest BCUT2D eigenvalue weighted by Gasteiger charge is -2.28. The number of hydrogen-bond donors (Lipinski definition) is 1. The molecule has 1 N–H and O–H groups in total. The summed E-state index contributed by atoms with van der Waals surface area (Å²) in [4.78, 5) is 19.9. The molecule has 152 valence electrons. The molecule has 3 aromatic rings. The molecule has 0 bridgehead atoms. The maximum Gasteiger partial charge on any atom is 0.256 e. The van der Waals surface area contributed by atoms with Crippen molar-refractivity contribution in [1.29, 1.82) is 0 Å². The fourth-order valence-corrected chi connectivity index (χ4v) is 4.08. The Morgan fingerprint density at radius 2 is 2.03 bits per heavy atom. The first-order chi connectivity index (χ1) is 14.1. The van der Waals surface area contributed by atoms with Crippen LogP contribution in [0.15, 0.2) is 36.5 Å². The minimum absolute atomic E-state index is 0.106. The predicted molar refractivity (Wildman–Crippen MR) is 111 cm³/mol. The zero-order valence-electron chi connectivity index (χ0n) is 17.2. The first kappa shape index (κ1) is 19.4. The van der Waals surface area contributed by atoms with E-state index >= 15 is 0 Å². The molecule has 3 heterocycles. The number of ether oxygens (including phenoxy) is 1. The molecule has 7 nitrogen and oxygen atoms in total. The normalized spacial score (nSPS) is 15.6. The number of aryl methyl sites for hydroxylation is 2. The zero-order chi connectivity index (χ0) is 20.4. The van der Waals surface area contributed by atoms with Crippen LogP contribution in [-0.4, -0.2) is 52.1 Å². The topological polar surface area (TPSA) is 71.8 Å². The zero-order valence-corrected chi connectivity index (χ0v) is 17.2. The second-order valence-corrected chi connectivity index (χ2v) is 7.58. The summed E-state index contributed by atoms with van der Waals surface area (Å²) < 4.78 is 7.11. The van der Waals surface area contributed by atoms with Gasteiger partial charge in [-0.3, -0.25) is 9.69 Å². The summed E-state index contributed by atoms with van der Waals surface area (Å²) in [6, 6.07) is 10.2. The number of amides is 1. The Labute approximate surface area is 170 Å². The third-order valence-electron chi connectivity index (χ3n) is 5.54. The van der Waals surface area contributed by atoms with Gasteiger partial charge in [-0.25, -0.2) is 9.50 Å². The van der Waals surface area contributed by atoms with Crippen LogP contribution in [0.5, 0.6) is 5.75 Å². The molecule has 1 aromatic carbocycles. The number of carbonyl (C=O) groups is 1. The third-order valence-corrected chi connectivity index (χ3v) is 5.54. The van der Waals surface area contributed by atoms with E-state index in [2.05, 4.69) is 32.4 Å². The second-order valence-electron chi connectivity index (χ2n) is 7.58. The molecule has 4 rings (SSSR count). The number of fused-ring (bicyclic) bond motifs is 1. The molecule has 0 aliphatic carbocycles. The van der Waals surface area contributed by atoms with E-state index in [0.717, 1.165) is 35.8 Å². The Morgan fingerprint density at radius 3 is 2.79 bits per heavy atom. The first-order valence-electron chi connectivity index (χ1n) is 10.0. The SMILES string of the molecule is COc1cccc(C(CNC(=O)c2cnn3c(C)cc(C)nc23)N2CCCC2)c1. The van der Waals surface area contributed by atoms with Crippen molar-refractivity contribution in [3.63, 3.8) is 0 Å². The van der Waals surface area contributed by atoms with Crippen LogP contribution >= 0.6 is 0 Å². The van der Waals surface area contributed by atoms with Crippen molar-refractivity contribution >= 4 is 11.6 Å². The van der Waals surface area contributed by atoms with E-state index in [0.29, 0.717) is 17.8 Å². The van der Waals surface area contributed by atoms with Crippen LogP contribution in [0.4, 0.5) is 0 Å². The highest BCUT2D eigenvalue weighted by molar-refractivity contribution is 5.99. The molecule has 1 unspecified atom stereocenters. The molecule has 1 amide bonds. The average molecular weight is 393 g/mol. The Morgan fingerprint density at radius 1 is 1.24 bits per heavy atom. The van der Waals surface area contributed by atoms with E-state index in [1.807, 2.05) is 32.0 Å². The minimum atomic E-state index is -0.149. The lowest BCUT2D eigenvalue weighted by molar-refractivity contribution is 0.0939. The standard InChI is InChI=1S/C22H27N5O2/c1-15-11-16(2)27-21(25-15)19(13-24-27)22(28)23-14-20(26-9-4-5-10-26)17-7-6-8-18(12-17)29-3/h6-8,11-13,20H,4-5,9-10,14H2,1-3H3,(H,23,28). The Hall–Kier alpha value is -2.93. The number of rotatable bonds is 6. The van der Waals surface area contributed by atoms with Crippen LogP contribution in [0.25, 0.3) is 5.65 Å². The van der Waals surface area contributed by atoms with Gasteiger partial charge in [0, 0.05) is 17.9 Å². The molecule has 2 aromatic heterocycles. The number of carbonyl (C=O) groups excluding carboxylic acids is 1. The molecule has 0 radical (unpaired) electrons. The highest BCUT2D eigenvalue weighted by atomic mass is 16.5. The van der Waals surface area contributed by atoms with Gasteiger partial charge in [-0.15, -0.1) is 0 Å². The monoisotopic (exact) mass is 393 g/mol. The largest absolute Gasteiger partial charge is 0.497 e. The van der Waals surface area contributed by atoms with Gasteiger partial charge in [-0.2, -0.15) is 5.10 Å². The van der Waals surface area contributed by atoms with Gasteiger partial charge in [-0.05, 0) is 63.5 Å². The summed E-state index contributed by atoms with van der Waals surface area (Å²) in [5.74, 6) is 0.681. The van der Waals surface area contributed by atoms with E-state index in [9.17, 15) is 4.79 Å². The Bertz CT molecular complexity index is 1020. The van der Waals surface area contributed by atoms with Gasteiger partial charge in [0.05, 0.1) is 19.3 Å². The van der Waals surface area contributed by atoms with Crippen LogP contribution in [0, 0.1) is 13.8 Å². The Kier molecular flexibility index (Phi) is 5.49. The van der Waals surface area contributed by atoms with Gasteiger partial charge in [0.25, 0.3) is 5.91 Å². The van der Waals surface area contributed by atoms with Crippen molar-refractivity contribution in [3.05, 3.63) is 59.0 Å².